The van der Waals surface area contributed by atoms with Crippen molar-refractivity contribution in [2.45, 2.75) is 0 Å². The van der Waals surface area contributed by atoms with Crippen LogP contribution in [-0.2, 0) is 4.79 Å². The number of amidine groups is 1. The standard InChI is InChI=1S/C16H10ClFN2OS/c17-11-7-5-10(6-8-11)9-14-15(21)20(16(19)22-14)13-4-2-1-3-12(13)18/h1-9,19H/b14-9-,19-16?. The lowest BCUT2D eigenvalue weighted by atomic mass is 10.2. The van der Waals surface area contributed by atoms with Crippen LogP contribution in [0.1, 0.15) is 5.56 Å². The van der Waals surface area contributed by atoms with Crippen molar-refractivity contribution in [2.75, 3.05) is 4.90 Å². The summed E-state index contributed by atoms with van der Waals surface area (Å²) < 4.78 is 13.9. The first kappa shape index (κ1) is 14.8. The van der Waals surface area contributed by atoms with Gasteiger partial charge < -0.3 is 0 Å². The fraction of sp³-hybridized carbons (Fsp3) is 0. The van der Waals surface area contributed by atoms with Gasteiger partial charge in [-0.1, -0.05) is 35.9 Å². The van der Waals surface area contributed by atoms with Gasteiger partial charge in [0.15, 0.2) is 5.17 Å². The molecule has 1 saturated heterocycles. The Morgan fingerprint density at radius 2 is 1.82 bits per heavy atom. The number of amides is 1. The van der Waals surface area contributed by atoms with Crippen LogP contribution in [0, 0.1) is 11.2 Å². The van der Waals surface area contributed by atoms with Crippen molar-refractivity contribution in [1.29, 1.82) is 5.41 Å². The molecule has 0 radical (unpaired) electrons. The average molecular weight is 333 g/mol. The maximum absolute atomic E-state index is 13.9. The molecule has 2 aromatic rings. The number of hydrogen-bond donors (Lipinski definition) is 1. The Hall–Kier alpha value is -2.11. The largest absolute Gasteiger partial charge is 0.278 e. The first-order chi connectivity index (χ1) is 10.6. The molecular weight excluding hydrogens is 323 g/mol. The molecule has 0 unspecified atom stereocenters. The Kier molecular flexibility index (Phi) is 4.00. The van der Waals surface area contributed by atoms with E-state index in [1.165, 1.54) is 12.1 Å². The predicted molar refractivity (Wildman–Crippen MR) is 88.6 cm³/mol. The topological polar surface area (TPSA) is 44.2 Å². The van der Waals surface area contributed by atoms with Crippen LogP contribution in [0.2, 0.25) is 5.02 Å². The molecular formula is C16H10ClFN2OS. The highest BCUT2D eigenvalue weighted by Crippen LogP contribution is 2.36. The minimum absolute atomic E-state index is 0.0182. The Bertz CT molecular complexity index is 789. The van der Waals surface area contributed by atoms with E-state index in [9.17, 15) is 9.18 Å². The van der Waals surface area contributed by atoms with Crippen LogP contribution in [-0.4, -0.2) is 11.1 Å². The molecule has 1 aliphatic heterocycles. The maximum atomic E-state index is 13.9. The van der Waals surface area contributed by atoms with Crippen molar-refractivity contribution in [3.63, 3.8) is 0 Å². The summed E-state index contributed by atoms with van der Waals surface area (Å²) >= 11 is 6.83. The van der Waals surface area contributed by atoms with Crippen LogP contribution in [0.25, 0.3) is 6.08 Å². The second-order valence-corrected chi connectivity index (χ2v) is 6.03. The lowest BCUT2D eigenvalue weighted by molar-refractivity contribution is -0.113. The number of thioether (sulfide) groups is 1. The molecule has 6 heteroatoms. The summed E-state index contributed by atoms with van der Waals surface area (Å²) in [5.74, 6) is -0.941. The number of carbonyl (C=O) groups is 1. The molecule has 1 heterocycles. The number of hydrogen-bond acceptors (Lipinski definition) is 3. The Balaban J connectivity index is 1.95. The molecule has 0 aliphatic carbocycles. The molecule has 2 aromatic carbocycles. The Labute approximate surface area is 135 Å². The fourth-order valence-corrected chi connectivity index (χ4v) is 3.03. The molecule has 0 spiro atoms. The van der Waals surface area contributed by atoms with Gasteiger partial charge in [0, 0.05) is 5.02 Å². The molecule has 1 aliphatic rings. The molecule has 110 valence electrons. The zero-order chi connectivity index (χ0) is 15.7. The SMILES string of the molecule is N=C1S/C(=C\c2ccc(Cl)cc2)C(=O)N1c1ccccc1F. The highest BCUT2D eigenvalue weighted by atomic mass is 35.5. The highest BCUT2D eigenvalue weighted by molar-refractivity contribution is 8.19. The molecule has 0 bridgehead atoms. The van der Waals surface area contributed by atoms with E-state index in [4.69, 9.17) is 17.0 Å². The molecule has 1 N–H and O–H groups in total. The third kappa shape index (κ3) is 2.77. The molecule has 0 atom stereocenters. The number of para-hydroxylation sites is 1. The lowest BCUT2D eigenvalue weighted by Gasteiger charge is -2.14. The van der Waals surface area contributed by atoms with Gasteiger partial charge in [-0.3, -0.25) is 15.1 Å². The average Bonchev–Trinajstić information content (AvgIpc) is 2.77. The zero-order valence-electron chi connectivity index (χ0n) is 11.2. The lowest BCUT2D eigenvalue weighted by Crippen LogP contribution is -2.28. The summed E-state index contributed by atoms with van der Waals surface area (Å²) in [4.78, 5) is 13.9. The molecule has 0 saturated carbocycles. The van der Waals surface area contributed by atoms with Gasteiger partial charge in [0.2, 0.25) is 0 Å². The van der Waals surface area contributed by atoms with Gasteiger partial charge in [0.25, 0.3) is 5.91 Å². The Morgan fingerprint density at radius 1 is 1.14 bits per heavy atom. The third-order valence-electron chi connectivity index (χ3n) is 3.08. The van der Waals surface area contributed by atoms with E-state index in [2.05, 4.69) is 0 Å². The molecule has 3 nitrogen and oxygen atoms in total. The van der Waals surface area contributed by atoms with Crippen molar-refractivity contribution in [1.82, 2.24) is 0 Å². The van der Waals surface area contributed by atoms with Gasteiger partial charge in [0.05, 0.1) is 10.6 Å². The quantitative estimate of drug-likeness (QED) is 0.821. The summed E-state index contributed by atoms with van der Waals surface area (Å²) in [6.45, 7) is 0. The van der Waals surface area contributed by atoms with Gasteiger partial charge >= 0.3 is 0 Å². The maximum Gasteiger partial charge on any atom is 0.271 e. The van der Waals surface area contributed by atoms with Gasteiger partial charge in [-0.2, -0.15) is 0 Å². The van der Waals surface area contributed by atoms with E-state index in [1.54, 1.807) is 42.5 Å². The highest BCUT2D eigenvalue weighted by Gasteiger charge is 2.34. The summed E-state index contributed by atoms with van der Waals surface area (Å²) in [7, 11) is 0. The number of halogens is 2. The van der Waals surface area contributed by atoms with Crippen LogP contribution < -0.4 is 4.90 Å². The normalized spacial score (nSPS) is 16.6. The number of rotatable bonds is 2. The van der Waals surface area contributed by atoms with E-state index < -0.39 is 11.7 Å². The van der Waals surface area contributed by atoms with Crippen LogP contribution in [0.4, 0.5) is 10.1 Å². The first-order valence-electron chi connectivity index (χ1n) is 6.39. The smallest absolute Gasteiger partial charge is 0.271 e. The number of anilines is 1. The third-order valence-corrected chi connectivity index (χ3v) is 4.23. The van der Waals surface area contributed by atoms with Crippen LogP contribution >= 0.6 is 23.4 Å². The van der Waals surface area contributed by atoms with Gasteiger partial charge in [0.1, 0.15) is 5.82 Å². The van der Waals surface area contributed by atoms with Crippen molar-refractivity contribution in [3.8, 4) is 0 Å². The summed E-state index contributed by atoms with van der Waals surface area (Å²) in [5.41, 5.74) is 0.882. The minimum Gasteiger partial charge on any atom is -0.278 e. The number of carbonyl (C=O) groups excluding carboxylic acids is 1. The summed E-state index contributed by atoms with van der Waals surface area (Å²) in [6.07, 6.45) is 1.67. The van der Waals surface area contributed by atoms with Crippen LogP contribution in [0.5, 0.6) is 0 Å². The zero-order valence-corrected chi connectivity index (χ0v) is 12.8. The van der Waals surface area contributed by atoms with E-state index >= 15 is 0 Å². The van der Waals surface area contributed by atoms with E-state index in [-0.39, 0.29) is 10.9 Å². The molecule has 1 amide bonds. The number of benzene rings is 2. The van der Waals surface area contributed by atoms with E-state index in [0.717, 1.165) is 22.2 Å². The molecule has 1 fully saturated rings. The van der Waals surface area contributed by atoms with E-state index in [0.29, 0.717) is 9.93 Å². The molecule has 22 heavy (non-hydrogen) atoms. The first-order valence-corrected chi connectivity index (χ1v) is 7.58. The van der Waals surface area contributed by atoms with E-state index in [1.807, 2.05) is 0 Å². The summed E-state index contributed by atoms with van der Waals surface area (Å²) in [6, 6.07) is 12.9. The van der Waals surface area contributed by atoms with Crippen molar-refractivity contribution in [2.24, 2.45) is 0 Å². The Morgan fingerprint density at radius 3 is 2.50 bits per heavy atom. The van der Waals surface area contributed by atoms with Crippen molar-refractivity contribution in [3.05, 3.63) is 69.8 Å². The second kappa shape index (κ2) is 5.94. The van der Waals surface area contributed by atoms with Crippen molar-refractivity contribution < 1.29 is 9.18 Å². The van der Waals surface area contributed by atoms with Gasteiger partial charge in [-0.25, -0.2) is 4.39 Å². The van der Waals surface area contributed by atoms with Gasteiger partial charge in [-0.15, -0.1) is 0 Å². The molecule has 0 aromatic heterocycles. The van der Waals surface area contributed by atoms with Crippen molar-refractivity contribution >= 4 is 46.2 Å². The van der Waals surface area contributed by atoms with Crippen LogP contribution in [0.3, 0.4) is 0 Å². The van der Waals surface area contributed by atoms with Gasteiger partial charge in [-0.05, 0) is 47.7 Å². The predicted octanol–water partition coefficient (Wildman–Crippen LogP) is 4.53. The van der Waals surface area contributed by atoms with Crippen LogP contribution in [0.15, 0.2) is 53.4 Å². The summed E-state index contributed by atoms with van der Waals surface area (Å²) in [5, 5.41) is 8.53. The molecule has 3 rings (SSSR count). The second-order valence-electron chi connectivity index (χ2n) is 4.56. The minimum atomic E-state index is -0.533. The fourth-order valence-electron chi connectivity index (χ4n) is 2.05. The monoisotopic (exact) mass is 332 g/mol. The number of nitrogens with zero attached hydrogens (tertiary/aromatic N) is 1. The number of nitrogens with one attached hydrogen (secondary N) is 1.